The van der Waals surface area contributed by atoms with Crippen molar-refractivity contribution >= 4 is 28.4 Å². The van der Waals surface area contributed by atoms with Gasteiger partial charge in [-0.15, -0.1) is 0 Å². The topological polar surface area (TPSA) is 112 Å². The molecule has 0 spiro atoms. The molecule has 182 valence electrons. The number of nitrogens with two attached hydrogens (primary N) is 1. The number of rotatable bonds is 6. The Labute approximate surface area is 204 Å². The molecule has 35 heavy (non-hydrogen) atoms. The Balaban J connectivity index is 1.39. The summed E-state index contributed by atoms with van der Waals surface area (Å²) in [5.41, 5.74) is 7.96. The van der Waals surface area contributed by atoms with Crippen molar-refractivity contribution in [2.45, 2.75) is 76.5 Å². The maximum atomic E-state index is 12.4. The van der Waals surface area contributed by atoms with E-state index in [1.807, 2.05) is 33.0 Å². The van der Waals surface area contributed by atoms with E-state index in [0.29, 0.717) is 29.0 Å². The predicted molar refractivity (Wildman–Crippen MR) is 133 cm³/mol. The Morgan fingerprint density at radius 3 is 2.60 bits per heavy atom. The number of nitrogens with one attached hydrogen (secondary N) is 1. The lowest BCUT2D eigenvalue weighted by Gasteiger charge is -2.36. The molecule has 3 N–H and O–H groups in total. The zero-order chi connectivity index (χ0) is 24.5. The van der Waals surface area contributed by atoms with Gasteiger partial charge in [0.2, 0.25) is 5.88 Å². The molecule has 0 aromatic carbocycles. The molecule has 0 saturated heterocycles. The van der Waals surface area contributed by atoms with Crippen LogP contribution in [0.25, 0.3) is 10.8 Å². The molecule has 3 aliphatic rings. The maximum absolute atomic E-state index is 12.4. The molecule has 2 atom stereocenters. The van der Waals surface area contributed by atoms with Gasteiger partial charge in [0.25, 0.3) is 0 Å². The molecule has 1 aliphatic heterocycles. The van der Waals surface area contributed by atoms with E-state index in [0.717, 1.165) is 47.7 Å². The second-order valence-corrected chi connectivity index (χ2v) is 10.9. The Bertz CT molecular complexity index is 1340. The third-order valence-corrected chi connectivity index (χ3v) is 7.75. The number of pyridine rings is 3. The third-order valence-electron chi connectivity index (χ3n) is 7.75. The maximum Gasteiger partial charge on any atom is 0.340 e. The molecule has 3 aromatic rings. The largest absolute Gasteiger partial charge is 0.474 e. The number of nitrogens with zero attached hydrogens (tertiary/aromatic N) is 3. The summed E-state index contributed by atoms with van der Waals surface area (Å²) in [6.45, 7) is 7.93. The number of hydrogen-bond acceptors (Lipinski definition) is 8. The fraction of sp³-hybridized carbons (Fsp3) is 0.481. The van der Waals surface area contributed by atoms with E-state index in [9.17, 15) is 4.79 Å². The smallest absolute Gasteiger partial charge is 0.340 e. The quantitative estimate of drug-likeness (QED) is 0.484. The van der Waals surface area contributed by atoms with Gasteiger partial charge in [-0.25, -0.2) is 19.7 Å². The molecule has 2 saturated carbocycles. The number of ether oxygens (including phenoxy) is 2. The van der Waals surface area contributed by atoms with Gasteiger partial charge in [0.05, 0.1) is 16.6 Å². The van der Waals surface area contributed by atoms with Crippen LogP contribution in [0, 0.1) is 5.92 Å². The second kappa shape index (κ2) is 7.62. The monoisotopic (exact) mass is 473 g/mol. The highest BCUT2D eigenvalue weighted by molar-refractivity contribution is 5.93. The van der Waals surface area contributed by atoms with Gasteiger partial charge >= 0.3 is 5.97 Å². The van der Waals surface area contributed by atoms with Crippen molar-refractivity contribution in [2.24, 2.45) is 11.7 Å². The Morgan fingerprint density at radius 2 is 1.89 bits per heavy atom. The molecule has 0 amide bonds. The summed E-state index contributed by atoms with van der Waals surface area (Å²) in [5, 5.41) is 5.19. The fourth-order valence-corrected chi connectivity index (χ4v) is 4.84. The van der Waals surface area contributed by atoms with Crippen LogP contribution in [-0.4, -0.2) is 32.6 Å². The molecule has 0 radical (unpaired) electrons. The number of cyclic esters (lactones) is 1. The van der Waals surface area contributed by atoms with Crippen LogP contribution in [0.2, 0.25) is 0 Å². The van der Waals surface area contributed by atoms with E-state index in [-0.39, 0.29) is 18.0 Å². The summed E-state index contributed by atoms with van der Waals surface area (Å²) >= 11 is 0. The molecule has 8 nitrogen and oxygen atoms in total. The number of esters is 1. The zero-order valence-corrected chi connectivity index (χ0v) is 20.6. The second-order valence-electron chi connectivity index (χ2n) is 10.9. The van der Waals surface area contributed by atoms with Crippen molar-refractivity contribution in [1.82, 2.24) is 15.0 Å². The summed E-state index contributed by atoms with van der Waals surface area (Å²) in [7, 11) is 0. The van der Waals surface area contributed by atoms with Crippen LogP contribution in [-0.2, 0) is 10.3 Å². The molecular formula is C27H31N5O3. The lowest BCUT2D eigenvalue weighted by atomic mass is 9.84. The van der Waals surface area contributed by atoms with Crippen LogP contribution >= 0.6 is 0 Å². The SMILES string of the molecule is C[C@@H]1c2nc(Nc3cc4c(C(C)(N)C5CC5)cnc(OC5CC5)c4cn3)ccc2C(=O)OC1(C)C. The van der Waals surface area contributed by atoms with Crippen LogP contribution in [0.5, 0.6) is 5.88 Å². The first-order chi connectivity index (χ1) is 16.6. The highest BCUT2D eigenvalue weighted by atomic mass is 16.6. The third kappa shape index (κ3) is 3.89. The van der Waals surface area contributed by atoms with Crippen LogP contribution in [0.4, 0.5) is 11.6 Å². The lowest BCUT2D eigenvalue weighted by molar-refractivity contribution is -0.0189. The van der Waals surface area contributed by atoms with Gasteiger partial charge in [0.15, 0.2) is 0 Å². The number of aromatic nitrogens is 3. The number of hydrogen-bond donors (Lipinski definition) is 2. The van der Waals surface area contributed by atoms with Gasteiger partial charge in [0, 0.05) is 23.9 Å². The molecule has 0 bridgehead atoms. The Morgan fingerprint density at radius 1 is 1.11 bits per heavy atom. The van der Waals surface area contributed by atoms with Gasteiger partial charge in [-0.2, -0.15) is 0 Å². The summed E-state index contributed by atoms with van der Waals surface area (Å²) in [6, 6.07) is 5.55. The van der Waals surface area contributed by atoms with Gasteiger partial charge in [-0.1, -0.05) is 6.92 Å². The molecule has 1 unspecified atom stereocenters. The van der Waals surface area contributed by atoms with E-state index in [1.54, 1.807) is 18.3 Å². The zero-order valence-electron chi connectivity index (χ0n) is 20.6. The molecule has 2 aliphatic carbocycles. The van der Waals surface area contributed by atoms with Crippen LogP contribution in [0.3, 0.4) is 0 Å². The summed E-state index contributed by atoms with van der Waals surface area (Å²) in [6.07, 6.45) is 8.27. The molecule has 6 rings (SSSR count). The molecule has 2 fully saturated rings. The molecule has 4 heterocycles. The average Bonchev–Trinajstić information content (AvgIpc) is 3.71. The normalized spacial score (nSPS) is 22.8. The molecule has 8 heteroatoms. The van der Waals surface area contributed by atoms with Crippen LogP contribution in [0.1, 0.15) is 80.9 Å². The van der Waals surface area contributed by atoms with E-state index in [2.05, 4.69) is 22.2 Å². The highest BCUT2D eigenvalue weighted by Gasteiger charge is 2.42. The van der Waals surface area contributed by atoms with Crippen molar-refractivity contribution in [3.05, 3.63) is 47.4 Å². The van der Waals surface area contributed by atoms with E-state index >= 15 is 0 Å². The van der Waals surface area contributed by atoms with Crippen molar-refractivity contribution in [3.63, 3.8) is 0 Å². The molecule has 3 aromatic heterocycles. The predicted octanol–water partition coefficient (Wildman–Crippen LogP) is 4.95. The van der Waals surface area contributed by atoms with Crippen molar-refractivity contribution in [3.8, 4) is 5.88 Å². The fourth-order valence-electron chi connectivity index (χ4n) is 4.84. The van der Waals surface area contributed by atoms with Crippen molar-refractivity contribution in [2.75, 3.05) is 5.32 Å². The first-order valence-corrected chi connectivity index (χ1v) is 12.4. The van der Waals surface area contributed by atoms with Crippen molar-refractivity contribution < 1.29 is 14.3 Å². The first kappa shape index (κ1) is 22.2. The van der Waals surface area contributed by atoms with Gasteiger partial charge in [-0.3, -0.25) is 0 Å². The van der Waals surface area contributed by atoms with Gasteiger partial charge in [0.1, 0.15) is 23.3 Å². The summed E-state index contributed by atoms with van der Waals surface area (Å²) < 4.78 is 11.7. The first-order valence-electron chi connectivity index (χ1n) is 12.4. The number of anilines is 2. The van der Waals surface area contributed by atoms with E-state index in [1.165, 1.54) is 0 Å². The number of carbonyl (C=O) groups is 1. The number of fused-ring (bicyclic) bond motifs is 2. The number of carbonyl (C=O) groups excluding carboxylic acids is 1. The van der Waals surface area contributed by atoms with Gasteiger partial charge in [-0.05, 0) is 81.5 Å². The summed E-state index contributed by atoms with van der Waals surface area (Å²) in [4.78, 5) is 26.5. The Kier molecular flexibility index (Phi) is 4.84. The van der Waals surface area contributed by atoms with E-state index < -0.39 is 11.1 Å². The van der Waals surface area contributed by atoms with Gasteiger partial charge < -0.3 is 20.5 Å². The minimum absolute atomic E-state index is 0.0437. The minimum Gasteiger partial charge on any atom is -0.474 e. The average molecular weight is 474 g/mol. The lowest BCUT2D eigenvalue weighted by Crippen LogP contribution is -2.39. The highest BCUT2D eigenvalue weighted by Crippen LogP contribution is 2.46. The summed E-state index contributed by atoms with van der Waals surface area (Å²) in [5.74, 6) is 1.94. The Hall–Kier alpha value is -3.26. The standard InChI is InChI=1S/C27H31N5O3/c1-14-23-17(25(33)35-26(14,2)3)9-10-21(32-23)31-22-11-18-19(12-29-22)24(34-16-7-8-16)30-13-20(18)27(4,28)15-5-6-15/h9-16H,5-8,28H2,1-4H3,(H,29,31,32)/t14-,27?/m1/s1. The minimum atomic E-state index is -0.620. The van der Waals surface area contributed by atoms with Crippen LogP contribution in [0.15, 0.2) is 30.6 Å². The van der Waals surface area contributed by atoms with Crippen LogP contribution < -0.4 is 15.8 Å². The molecular weight excluding hydrogens is 442 g/mol. The van der Waals surface area contributed by atoms with E-state index in [4.69, 9.17) is 20.2 Å². The van der Waals surface area contributed by atoms with Crippen molar-refractivity contribution in [1.29, 1.82) is 0 Å².